The number of nitrogens with zero attached hydrogens (tertiary/aromatic N) is 1. The van der Waals surface area contributed by atoms with Gasteiger partial charge < -0.3 is 0 Å². The van der Waals surface area contributed by atoms with Gasteiger partial charge in [-0.2, -0.15) is 5.06 Å². The molecule has 1 aliphatic rings. The van der Waals surface area contributed by atoms with E-state index in [2.05, 4.69) is 79.6 Å². The van der Waals surface area contributed by atoms with Crippen LogP contribution in [0.1, 0.15) is 51.5 Å². The molecule has 0 bridgehead atoms. The van der Waals surface area contributed by atoms with E-state index >= 15 is 0 Å². The Kier molecular flexibility index (Phi) is 8.58. The van der Waals surface area contributed by atoms with Gasteiger partial charge in [0.2, 0.25) is 0 Å². The zero-order chi connectivity index (χ0) is 17.0. The fourth-order valence-electron chi connectivity index (χ4n) is 2.81. The minimum absolute atomic E-state index is 0.198. The number of unbranched alkanes of at least 4 members (excludes halogenated alkanes) is 3. The molecule has 0 fully saturated rings. The van der Waals surface area contributed by atoms with Gasteiger partial charge in [0, 0.05) is 6.54 Å². The lowest BCUT2D eigenvalue weighted by molar-refractivity contribution is -0.170. The van der Waals surface area contributed by atoms with E-state index in [0.29, 0.717) is 0 Å². The summed E-state index contributed by atoms with van der Waals surface area (Å²) in [6.07, 6.45) is 16.9. The van der Waals surface area contributed by atoms with Crippen molar-refractivity contribution >= 4 is 6.08 Å². The molecule has 0 saturated carbocycles. The van der Waals surface area contributed by atoms with E-state index < -0.39 is 0 Å². The first kappa shape index (κ1) is 18.7. The lowest BCUT2D eigenvalue weighted by Gasteiger charge is -2.31. The number of allylic oxidation sites excluding steroid dienone is 2. The van der Waals surface area contributed by atoms with E-state index in [9.17, 15) is 0 Å². The van der Waals surface area contributed by atoms with Crippen LogP contribution < -0.4 is 0 Å². The van der Waals surface area contributed by atoms with Gasteiger partial charge in [-0.3, -0.25) is 4.84 Å². The lowest BCUT2D eigenvalue weighted by atomic mass is 9.98. The second-order valence-corrected chi connectivity index (χ2v) is 6.28. The highest BCUT2D eigenvalue weighted by molar-refractivity contribution is 5.59. The quantitative estimate of drug-likeness (QED) is 0.399. The summed E-state index contributed by atoms with van der Waals surface area (Å²) in [5.41, 5.74) is 2.52. The zero-order valence-electron chi connectivity index (χ0n) is 15.2. The van der Waals surface area contributed by atoms with Crippen molar-refractivity contribution in [3.8, 4) is 0 Å². The van der Waals surface area contributed by atoms with Gasteiger partial charge in [0.1, 0.15) is 0 Å². The molecular formula is C22H31NO. The maximum Gasteiger partial charge on any atom is 0.0786 e. The van der Waals surface area contributed by atoms with E-state index in [1.807, 2.05) is 0 Å². The molecule has 2 nitrogen and oxygen atoms in total. The molecule has 1 atom stereocenters. The van der Waals surface area contributed by atoms with E-state index in [4.69, 9.17) is 4.84 Å². The first-order valence-electron chi connectivity index (χ1n) is 9.36. The topological polar surface area (TPSA) is 12.5 Å². The third-order valence-corrected chi connectivity index (χ3v) is 4.21. The summed E-state index contributed by atoms with van der Waals surface area (Å²) in [5.74, 6) is 0. The van der Waals surface area contributed by atoms with E-state index in [1.54, 1.807) is 0 Å². The van der Waals surface area contributed by atoms with Crippen molar-refractivity contribution < 1.29 is 4.84 Å². The molecule has 24 heavy (non-hydrogen) atoms. The molecule has 1 aliphatic carbocycles. The van der Waals surface area contributed by atoms with Crippen LogP contribution in [-0.4, -0.2) is 24.3 Å². The number of hydroxylamine groups is 2. The Bertz CT molecular complexity index is 534. The molecule has 1 unspecified atom stereocenters. The summed E-state index contributed by atoms with van der Waals surface area (Å²) in [5, 5.41) is 2.18. The summed E-state index contributed by atoms with van der Waals surface area (Å²) in [4.78, 5) is 6.14. The van der Waals surface area contributed by atoms with Crippen LogP contribution in [0.4, 0.5) is 0 Å². The minimum Gasteiger partial charge on any atom is -0.298 e. The Hall–Kier alpha value is -1.64. The summed E-state index contributed by atoms with van der Waals surface area (Å²) < 4.78 is 0. The predicted molar refractivity (Wildman–Crippen MR) is 104 cm³/mol. The Labute approximate surface area is 147 Å². The standard InChI is InChI=1S/C22H31NO/c1-3-5-12-17-23(24-18-6-4-2)22-16-11-10-15-21(22)19-20-13-8-7-9-14-20/h7-11,13-16,19,22H,3-6,12,17-18H2,1-2H3. The molecule has 130 valence electrons. The van der Waals surface area contributed by atoms with Gasteiger partial charge in [0.05, 0.1) is 12.6 Å². The van der Waals surface area contributed by atoms with E-state index in [1.165, 1.54) is 30.4 Å². The van der Waals surface area contributed by atoms with Crippen LogP contribution in [0.5, 0.6) is 0 Å². The Balaban J connectivity index is 2.12. The normalized spacial score (nSPS) is 18.6. The van der Waals surface area contributed by atoms with E-state index in [-0.39, 0.29) is 6.04 Å². The monoisotopic (exact) mass is 325 g/mol. The smallest absolute Gasteiger partial charge is 0.0786 e. The number of rotatable bonds is 10. The third-order valence-electron chi connectivity index (χ3n) is 4.21. The van der Waals surface area contributed by atoms with Gasteiger partial charge >= 0.3 is 0 Å². The van der Waals surface area contributed by atoms with Crippen LogP contribution >= 0.6 is 0 Å². The molecule has 0 radical (unpaired) electrons. The van der Waals surface area contributed by atoms with Crippen LogP contribution in [-0.2, 0) is 4.84 Å². The first-order chi connectivity index (χ1) is 11.8. The Morgan fingerprint density at radius 2 is 1.79 bits per heavy atom. The Morgan fingerprint density at radius 3 is 2.54 bits per heavy atom. The molecule has 0 N–H and O–H groups in total. The van der Waals surface area contributed by atoms with Gasteiger partial charge in [-0.05, 0) is 30.1 Å². The van der Waals surface area contributed by atoms with Crippen LogP contribution in [0.25, 0.3) is 6.08 Å². The highest BCUT2D eigenvalue weighted by Gasteiger charge is 2.20. The largest absolute Gasteiger partial charge is 0.298 e. The van der Waals surface area contributed by atoms with Crippen LogP contribution in [0, 0.1) is 0 Å². The SMILES string of the molecule is CCCCCN(OCCCC)C1C=CC=CC1=Cc1ccccc1. The highest BCUT2D eigenvalue weighted by Crippen LogP contribution is 2.22. The molecule has 0 spiro atoms. The van der Waals surface area contributed by atoms with Crippen LogP contribution in [0.3, 0.4) is 0 Å². The summed E-state index contributed by atoms with van der Waals surface area (Å²) >= 11 is 0. The maximum absolute atomic E-state index is 6.14. The third kappa shape index (κ3) is 6.10. The summed E-state index contributed by atoms with van der Waals surface area (Å²) in [6, 6.07) is 10.7. The van der Waals surface area contributed by atoms with Crippen LogP contribution in [0.15, 0.2) is 60.2 Å². The Morgan fingerprint density at radius 1 is 1.00 bits per heavy atom. The van der Waals surface area contributed by atoms with Gasteiger partial charge in [0.15, 0.2) is 0 Å². The molecule has 2 heteroatoms. The molecule has 2 rings (SSSR count). The minimum atomic E-state index is 0.198. The molecule has 0 heterocycles. The first-order valence-corrected chi connectivity index (χ1v) is 9.36. The van der Waals surface area contributed by atoms with Crippen LogP contribution in [0.2, 0.25) is 0 Å². The lowest BCUT2D eigenvalue weighted by Crippen LogP contribution is -2.37. The van der Waals surface area contributed by atoms with Gasteiger partial charge in [-0.25, -0.2) is 0 Å². The second kappa shape index (κ2) is 11.0. The molecule has 0 aliphatic heterocycles. The molecule has 0 aromatic heterocycles. The van der Waals surface area contributed by atoms with Gasteiger partial charge in [0.25, 0.3) is 0 Å². The summed E-state index contributed by atoms with van der Waals surface area (Å²) in [7, 11) is 0. The van der Waals surface area contributed by atoms with Crippen molar-refractivity contribution in [1.29, 1.82) is 0 Å². The number of hydrogen-bond donors (Lipinski definition) is 0. The fourth-order valence-corrected chi connectivity index (χ4v) is 2.81. The zero-order valence-corrected chi connectivity index (χ0v) is 15.2. The summed E-state index contributed by atoms with van der Waals surface area (Å²) in [6.45, 7) is 6.23. The molecular weight excluding hydrogens is 294 g/mol. The molecule has 1 aromatic rings. The fraction of sp³-hybridized carbons (Fsp3) is 0.455. The molecule has 1 aromatic carbocycles. The van der Waals surface area contributed by atoms with Crippen molar-refractivity contribution in [2.24, 2.45) is 0 Å². The molecule has 0 amide bonds. The number of benzene rings is 1. The van der Waals surface area contributed by atoms with E-state index in [0.717, 1.165) is 26.0 Å². The average Bonchev–Trinajstić information content (AvgIpc) is 2.62. The second-order valence-electron chi connectivity index (χ2n) is 6.28. The van der Waals surface area contributed by atoms with Gasteiger partial charge in [-0.1, -0.05) is 87.7 Å². The van der Waals surface area contributed by atoms with Crippen molar-refractivity contribution in [3.05, 3.63) is 65.8 Å². The maximum atomic E-state index is 6.14. The van der Waals surface area contributed by atoms with Crippen molar-refractivity contribution in [1.82, 2.24) is 5.06 Å². The van der Waals surface area contributed by atoms with Crippen molar-refractivity contribution in [2.75, 3.05) is 13.2 Å². The molecule has 0 saturated heterocycles. The highest BCUT2D eigenvalue weighted by atomic mass is 16.7. The number of hydrogen-bond acceptors (Lipinski definition) is 2. The van der Waals surface area contributed by atoms with Crippen molar-refractivity contribution in [3.63, 3.8) is 0 Å². The van der Waals surface area contributed by atoms with Crippen molar-refractivity contribution in [2.45, 2.75) is 52.0 Å². The predicted octanol–water partition coefficient (Wildman–Crippen LogP) is 5.79. The van der Waals surface area contributed by atoms with Gasteiger partial charge in [-0.15, -0.1) is 0 Å². The average molecular weight is 325 g/mol.